The van der Waals surface area contributed by atoms with Gasteiger partial charge in [-0.05, 0) is 74.4 Å². The number of benzene rings is 1. The number of halogens is 1. The van der Waals surface area contributed by atoms with Gasteiger partial charge in [0.1, 0.15) is 0 Å². The van der Waals surface area contributed by atoms with Gasteiger partial charge in [0.2, 0.25) is 5.91 Å². The highest BCUT2D eigenvalue weighted by Gasteiger charge is 2.14. The summed E-state index contributed by atoms with van der Waals surface area (Å²) in [7, 11) is 0. The average molecular weight is 343 g/mol. The van der Waals surface area contributed by atoms with Crippen molar-refractivity contribution in [2.75, 3.05) is 30.4 Å². The fourth-order valence-electron chi connectivity index (χ4n) is 2.70. The zero-order chi connectivity index (χ0) is 14.9. The maximum Gasteiger partial charge on any atom is 0.224 e. The van der Waals surface area contributed by atoms with Crippen LogP contribution in [0.2, 0.25) is 0 Å². The van der Waals surface area contributed by atoms with Crippen molar-refractivity contribution in [3.63, 3.8) is 0 Å². The molecule has 1 saturated heterocycles. The summed E-state index contributed by atoms with van der Waals surface area (Å²) in [5.74, 6) is 2.00. The Labute approximate surface area is 144 Å². The Morgan fingerprint density at radius 3 is 2.59 bits per heavy atom. The van der Waals surface area contributed by atoms with Crippen LogP contribution in [-0.2, 0) is 11.2 Å². The van der Waals surface area contributed by atoms with E-state index < -0.39 is 0 Å². The highest BCUT2D eigenvalue weighted by atomic mass is 35.5. The number of thioether (sulfide) groups is 1. The molecule has 1 heterocycles. The second-order valence-corrected chi connectivity index (χ2v) is 6.71. The standard InChI is InChI=1S/C17H26N2OS.ClH/c1-21-13-10-14-2-5-16(6-3-14)19-17(20)7-4-15-8-11-18-12-9-15;/h2-3,5-6,15,18H,4,7-13H2,1H3,(H,19,20);1H. The fraction of sp³-hybridized carbons (Fsp3) is 0.588. The number of piperidine rings is 1. The smallest absolute Gasteiger partial charge is 0.224 e. The fourth-order valence-corrected chi connectivity index (χ4v) is 3.14. The third-order valence-electron chi connectivity index (χ3n) is 4.07. The van der Waals surface area contributed by atoms with Crippen LogP contribution >= 0.6 is 24.2 Å². The topological polar surface area (TPSA) is 41.1 Å². The number of aryl methyl sites for hydroxylation is 1. The molecule has 0 saturated carbocycles. The summed E-state index contributed by atoms with van der Waals surface area (Å²) >= 11 is 1.86. The molecule has 1 amide bonds. The van der Waals surface area contributed by atoms with E-state index in [2.05, 4.69) is 29.0 Å². The monoisotopic (exact) mass is 342 g/mol. The number of amides is 1. The van der Waals surface area contributed by atoms with E-state index in [-0.39, 0.29) is 18.3 Å². The van der Waals surface area contributed by atoms with Gasteiger partial charge in [-0.1, -0.05) is 12.1 Å². The lowest BCUT2D eigenvalue weighted by atomic mass is 9.93. The summed E-state index contributed by atoms with van der Waals surface area (Å²) in [5.41, 5.74) is 2.25. The summed E-state index contributed by atoms with van der Waals surface area (Å²) in [6, 6.07) is 8.24. The minimum absolute atomic E-state index is 0. The van der Waals surface area contributed by atoms with Crippen LogP contribution in [0.15, 0.2) is 24.3 Å². The zero-order valence-corrected chi connectivity index (χ0v) is 14.9. The van der Waals surface area contributed by atoms with Crippen molar-refractivity contribution in [1.82, 2.24) is 5.32 Å². The maximum atomic E-state index is 12.0. The summed E-state index contributed by atoms with van der Waals surface area (Å²) in [6.45, 7) is 2.20. The van der Waals surface area contributed by atoms with Gasteiger partial charge in [-0.25, -0.2) is 0 Å². The molecule has 0 aromatic heterocycles. The molecule has 1 fully saturated rings. The van der Waals surface area contributed by atoms with E-state index in [0.717, 1.165) is 37.4 Å². The SMILES string of the molecule is CSCCc1ccc(NC(=O)CCC2CCNCC2)cc1.Cl. The van der Waals surface area contributed by atoms with Crippen LogP contribution in [0, 0.1) is 5.92 Å². The molecule has 0 spiro atoms. The first-order chi connectivity index (χ1) is 10.3. The third kappa shape index (κ3) is 7.03. The van der Waals surface area contributed by atoms with Gasteiger partial charge in [-0.15, -0.1) is 12.4 Å². The van der Waals surface area contributed by atoms with Crippen molar-refractivity contribution < 1.29 is 4.79 Å². The Balaban J connectivity index is 0.00000242. The maximum absolute atomic E-state index is 12.0. The van der Waals surface area contributed by atoms with Crippen molar-refractivity contribution in [2.45, 2.75) is 32.1 Å². The Morgan fingerprint density at radius 2 is 1.95 bits per heavy atom. The molecule has 124 valence electrons. The lowest BCUT2D eigenvalue weighted by Gasteiger charge is -2.22. The molecular weight excluding hydrogens is 316 g/mol. The molecule has 1 aromatic rings. The van der Waals surface area contributed by atoms with Crippen LogP contribution in [0.25, 0.3) is 0 Å². The lowest BCUT2D eigenvalue weighted by Crippen LogP contribution is -2.28. The van der Waals surface area contributed by atoms with Crippen molar-refractivity contribution in [1.29, 1.82) is 0 Å². The summed E-state index contributed by atoms with van der Waals surface area (Å²) in [6.07, 6.45) is 7.27. The van der Waals surface area contributed by atoms with Gasteiger partial charge in [0.05, 0.1) is 0 Å². The van der Waals surface area contributed by atoms with E-state index in [0.29, 0.717) is 12.3 Å². The predicted octanol–water partition coefficient (Wildman–Crippen LogP) is 3.73. The first-order valence-corrected chi connectivity index (χ1v) is 9.26. The Kier molecular flexibility index (Phi) is 9.60. The van der Waals surface area contributed by atoms with Gasteiger partial charge in [0.25, 0.3) is 0 Å². The molecule has 22 heavy (non-hydrogen) atoms. The average Bonchev–Trinajstić information content (AvgIpc) is 2.53. The summed E-state index contributed by atoms with van der Waals surface area (Å²) < 4.78 is 0. The molecule has 0 bridgehead atoms. The molecule has 2 rings (SSSR count). The van der Waals surface area contributed by atoms with Crippen LogP contribution in [0.3, 0.4) is 0 Å². The van der Waals surface area contributed by atoms with Crippen LogP contribution in [-0.4, -0.2) is 31.0 Å². The van der Waals surface area contributed by atoms with Crippen molar-refractivity contribution in [2.24, 2.45) is 5.92 Å². The number of anilines is 1. The molecule has 0 unspecified atom stereocenters. The largest absolute Gasteiger partial charge is 0.326 e. The van der Waals surface area contributed by atoms with Crippen molar-refractivity contribution in [3.8, 4) is 0 Å². The first-order valence-electron chi connectivity index (χ1n) is 7.86. The van der Waals surface area contributed by atoms with E-state index in [1.165, 1.54) is 18.4 Å². The van der Waals surface area contributed by atoms with Gasteiger partial charge in [-0.2, -0.15) is 11.8 Å². The normalized spacial score (nSPS) is 15.1. The Hall–Kier alpha value is -0.710. The minimum Gasteiger partial charge on any atom is -0.326 e. The van der Waals surface area contributed by atoms with Gasteiger partial charge in [0.15, 0.2) is 0 Å². The molecular formula is C17H27ClN2OS. The van der Waals surface area contributed by atoms with Crippen molar-refractivity contribution in [3.05, 3.63) is 29.8 Å². The van der Waals surface area contributed by atoms with E-state index in [1.54, 1.807) is 0 Å². The molecule has 1 aliphatic rings. The Bertz CT molecular complexity index is 433. The van der Waals surface area contributed by atoms with Crippen LogP contribution in [0.1, 0.15) is 31.2 Å². The first kappa shape index (κ1) is 19.3. The lowest BCUT2D eigenvalue weighted by molar-refractivity contribution is -0.116. The predicted molar refractivity (Wildman–Crippen MR) is 99.2 cm³/mol. The molecule has 1 aliphatic heterocycles. The van der Waals surface area contributed by atoms with Gasteiger partial charge < -0.3 is 10.6 Å². The summed E-state index contributed by atoms with van der Waals surface area (Å²) in [5, 5.41) is 6.36. The second-order valence-electron chi connectivity index (χ2n) is 5.72. The quantitative estimate of drug-likeness (QED) is 0.793. The van der Waals surface area contributed by atoms with E-state index in [1.807, 2.05) is 23.9 Å². The molecule has 0 radical (unpaired) electrons. The van der Waals surface area contributed by atoms with Crippen molar-refractivity contribution >= 4 is 35.8 Å². The van der Waals surface area contributed by atoms with Gasteiger partial charge in [-0.3, -0.25) is 4.79 Å². The van der Waals surface area contributed by atoms with E-state index in [9.17, 15) is 4.79 Å². The van der Waals surface area contributed by atoms with Crippen LogP contribution in [0.5, 0.6) is 0 Å². The highest BCUT2D eigenvalue weighted by molar-refractivity contribution is 7.98. The Morgan fingerprint density at radius 1 is 1.27 bits per heavy atom. The number of rotatable bonds is 7. The molecule has 5 heteroatoms. The minimum atomic E-state index is 0. The number of hydrogen-bond donors (Lipinski definition) is 2. The highest BCUT2D eigenvalue weighted by Crippen LogP contribution is 2.18. The third-order valence-corrected chi connectivity index (χ3v) is 4.68. The molecule has 1 aromatic carbocycles. The van der Waals surface area contributed by atoms with Crippen LogP contribution in [0.4, 0.5) is 5.69 Å². The number of hydrogen-bond acceptors (Lipinski definition) is 3. The second kappa shape index (κ2) is 10.9. The molecule has 0 atom stereocenters. The molecule has 3 nitrogen and oxygen atoms in total. The zero-order valence-electron chi connectivity index (χ0n) is 13.3. The van der Waals surface area contributed by atoms with Gasteiger partial charge in [0, 0.05) is 12.1 Å². The van der Waals surface area contributed by atoms with Gasteiger partial charge >= 0.3 is 0 Å². The van der Waals surface area contributed by atoms with E-state index in [4.69, 9.17) is 0 Å². The number of nitrogens with one attached hydrogen (secondary N) is 2. The van der Waals surface area contributed by atoms with Crippen LogP contribution < -0.4 is 10.6 Å². The van der Waals surface area contributed by atoms with E-state index >= 15 is 0 Å². The number of carbonyl (C=O) groups is 1. The molecule has 0 aliphatic carbocycles. The number of carbonyl (C=O) groups excluding carboxylic acids is 1. The molecule has 2 N–H and O–H groups in total. The summed E-state index contributed by atoms with van der Waals surface area (Å²) in [4.78, 5) is 12.0.